The molecular formula is C6H10O7. The lowest BCUT2D eigenvalue weighted by atomic mass is 9.99. The molecule has 0 radical (unpaired) electrons. The Morgan fingerprint density at radius 3 is 2.00 bits per heavy atom. The number of hydrogen-bond donors (Lipinski definition) is 5. The highest BCUT2D eigenvalue weighted by Gasteiger charge is 2.46. The van der Waals surface area contributed by atoms with Crippen LogP contribution in [0.2, 0.25) is 0 Å². The molecule has 7 heteroatoms. The van der Waals surface area contributed by atoms with Crippen LogP contribution < -0.4 is 0 Å². The molecule has 0 aliphatic carbocycles. The molecule has 0 aromatic rings. The Bertz CT molecular complexity index is 205. The van der Waals surface area contributed by atoms with Crippen molar-refractivity contribution in [1.29, 1.82) is 0 Å². The minimum Gasteiger partial charge on any atom is -0.479 e. The summed E-state index contributed by atoms with van der Waals surface area (Å²) in [7, 11) is 0. The average molecular weight is 194 g/mol. The lowest BCUT2D eigenvalue weighted by molar-refractivity contribution is -0.279. The molecule has 1 saturated heterocycles. The van der Waals surface area contributed by atoms with Crippen molar-refractivity contribution < 1.29 is 35.1 Å². The monoisotopic (exact) mass is 194 g/mol. The number of aliphatic hydroxyl groups excluding tert-OH is 4. The van der Waals surface area contributed by atoms with Crippen molar-refractivity contribution in [2.45, 2.75) is 30.7 Å². The molecule has 5 N–H and O–H groups in total. The van der Waals surface area contributed by atoms with E-state index >= 15 is 0 Å². The van der Waals surface area contributed by atoms with E-state index in [1.54, 1.807) is 0 Å². The van der Waals surface area contributed by atoms with Crippen LogP contribution in [0.5, 0.6) is 0 Å². The molecule has 1 aliphatic rings. The van der Waals surface area contributed by atoms with Crippen molar-refractivity contribution in [3.63, 3.8) is 0 Å². The van der Waals surface area contributed by atoms with E-state index in [0.29, 0.717) is 0 Å². The third-order valence-electron chi connectivity index (χ3n) is 1.83. The van der Waals surface area contributed by atoms with Gasteiger partial charge in [0.2, 0.25) is 0 Å². The van der Waals surface area contributed by atoms with Crippen molar-refractivity contribution in [2.24, 2.45) is 0 Å². The van der Waals surface area contributed by atoms with Crippen LogP contribution in [0, 0.1) is 0 Å². The Hall–Kier alpha value is -0.730. The Morgan fingerprint density at radius 1 is 1.00 bits per heavy atom. The van der Waals surface area contributed by atoms with Crippen LogP contribution in [-0.4, -0.2) is 62.2 Å². The fraction of sp³-hybridized carbons (Fsp3) is 0.833. The van der Waals surface area contributed by atoms with Crippen molar-refractivity contribution in [3.8, 4) is 0 Å². The molecule has 0 aromatic heterocycles. The van der Waals surface area contributed by atoms with Crippen LogP contribution in [0.4, 0.5) is 0 Å². The maximum absolute atomic E-state index is 10.4. The minimum absolute atomic E-state index is 1.52. The summed E-state index contributed by atoms with van der Waals surface area (Å²) in [6.07, 6.45) is -8.72. The van der Waals surface area contributed by atoms with E-state index in [1.807, 2.05) is 0 Å². The fourth-order valence-electron chi connectivity index (χ4n) is 1.07. The minimum atomic E-state index is -1.81. The van der Waals surface area contributed by atoms with Gasteiger partial charge in [0.15, 0.2) is 12.4 Å². The van der Waals surface area contributed by atoms with E-state index in [-0.39, 0.29) is 0 Å². The molecule has 0 spiro atoms. The zero-order valence-electron chi connectivity index (χ0n) is 6.44. The van der Waals surface area contributed by atoms with Gasteiger partial charge in [-0.2, -0.15) is 0 Å². The molecule has 1 rings (SSSR count). The zero-order valence-corrected chi connectivity index (χ0v) is 6.44. The van der Waals surface area contributed by atoms with Crippen LogP contribution in [0.25, 0.3) is 0 Å². The number of aliphatic hydroxyl groups is 4. The van der Waals surface area contributed by atoms with Gasteiger partial charge in [-0.25, -0.2) is 4.79 Å². The summed E-state index contributed by atoms with van der Waals surface area (Å²) in [5.74, 6) is -1.52. The van der Waals surface area contributed by atoms with Gasteiger partial charge in [0, 0.05) is 0 Å². The molecule has 1 unspecified atom stereocenters. The summed E-state index contributed by atoms with van der Waals surface area (Å²) >= 11 is 0. The van der Waals surface area contributed by atoms with Gasteiger partial charge < -0.3 is 30.3 Å². The SMILES string of the molecule is O=C(O)C1O[C@H](O)[C@H](O)[C@H](O)[C@H]1O. The van der Waals surface area contributed by atoms with Gasteiger partial charge in [0.05, 0.1) is 0 Å². The number of carboxylic acid groups (broad SMARTS) is 1. The lowest BCUT2D eigenvalue weighted by Gasteiger charge is -2.36. The van der Waals surface area contributed by atoms with E-state index in [1.165, 1.54) is 0 Å². The van der Waals surface area contributed by atoms with Crippen molar-refractivity contribution in [2.75, 3.05) is 0 Å². The van der Waals surface area contributed by atoms with Crippen molar-refractivity contribution >= 4 is 5.97 Å². The summed E-state index contributed by atoms with van der Waals surface area (Å²) in [5, 5.41) is 44.4. The van der Waals surface area contributed by atoms with Gasteiger partial charge in [-0.1, -0.05) is 0 Å². The topological polar surface area (TPSA) is 127 Å². The molecule has 0 aromatic carbocycles. The van der Waals surface area contributed by atoms with Crippen LogP contribution in [-0.2, 0) is 9.53 Å². The second kappa shape index (κ2) is 3.56. The van der Waals surface area contributed by atoms with Gasteiger partial charge in [0.1, 0.15) is 18.3 Å². The number of aliphatic carboxylic acids is 1. The first kappa shape index (κ1) is 10.4. The Kier molecular flexibility index (Phi) is 2.84. The molecular weight excluding hydrogens is 184 g/mol. The van der Waals surface area contributed by atoms with Crippen molar-refractivity contribution in [3.05, 3.63) is 0 Å². The van der Waals surface area contributed by atoms with Gasteiger partial charge in [-0.05, 0) is 0 Å². The molecule has 7 nitrogen and oxygen atoms in total. The molecule has 5 atom stereocenters. The molecule has 1 aliphatic heterocycles. The Balaban J connectivity index is 2.76. The number of ether oxygens (including phenoxy) is 1. The number of hydrogen-bond acceptors (Lipinski definition) is 6. The smallest absolute Gasteiger partial charge is 0.335 e. The summed E-state index contributed by atoms with van der Waals surface area (Å²) in [4.78, 5) is 10.4. The first-order chi connectivity index (χ1) is 5.95. The first-order valence-corrected chi connectivity index (χ1v) is 3.55. The number of carboxylic acids is 1. The van der Waals surface area contributed by atoms with Gasteiger partial charge in [-0.15, -0.1) is 0 Å². The van der Waals surface area contributed by atoms with E-state index in [2.05, 4.69) is 4.74 Å². The lowest BCUT2D eigenvalue weighted by Crippen LogP contribution is -2.59. The highest BCUT2D eigenvalue weighted by atomic mass is 16.6. The predicted octanol–water partition coefficient (Wildman–Crippen LogP) is -3.13. The van der Waals surface area contributed by atoms with Crippen LogP contribution >= 0.6 is 0 Å². The summed E-state index contributed by atoms with van der Waals surface area (Å²) in [5.41, 5.74) is 0. The third kappa shape index (κ3) is 1.79. The molecule has 1 fully saturated rings. The first-order valence-electron chi connectivity index (χ1n) is 3.55. The van der Waals surface area contributed by atoms with E-state index < -0.39 is 36.7 Å². The molecule has 1 heterocycles. The van der Waals surface area contributed by atoms with Gasteiger partial charge >= 0.3 is 5.97 Å². The second-order valence-electron chi connectivity index (χ2n) is 2.76. The summed E-state index contributed by atoms with van der Waals surface area (Å²) in [6, 6.07) is 0. The Morgan fingerprint density at radius 2 is 1.54 bits per heavy atom. The standard InChI is InChI=1S/C6H10O7/c7-1-2(8)4(5(10)11)13-6(12)3(1)9/h1-4,6-9,12H,(H,10,11)/t1-,2-,3-,4?,6+/m1/s1. The van der Waals surface area contributed by atoms with E-state index in [9.17, 15) is 4.79 Å². The summed E-state index contributed by atoms with van der Waals surface area (Å²) < 4.78 is 4.34. The molecule has 0 bridgehead atoms. The van der Waals surface area contributed by atoms with E-state index in [4.69, 9.17) is 25.5 Å². The average Bonchev–Trinajstić information content (AvgIpc) is 2.07. The van der Waals surface area contributed by atoms with E-state index in [0.717, 1.165) is 0 Å². The Labute approximate surface area is 72.8 Å². The normalized spacial score (nSPS) is 46.0. The fourth-order valence-corrected chi connectivity index (χ4v) is 1.07. The molecule has 0 saturated carbocycles. The highest BCUT2D eigenvalue weighted by molar-refractivity contribution is 5.73. The number of carbonyl (C=O) groups is 1. The molecule has 0 amide bonds. The van der Waals surface area contributed by atoms with Gasteiger partial charge in [-0.3, -0.25) is 0 Å². The molecule has 13 heavy (non-hydrogen) atoms. The van der Waals surface area contributed by atoms with Crippen LogP contribution in [0.15, 0.2) is 0 Å². The highest BCUT2D eigenvalue weighted by Crippen LogP contribution is 2.19. The third-order valence-corrected chi connectivity index (χ3v) is 1.83. The second-order valence-corrected chi connectivity index (χ2v) is 2.76. The summed E-state index contributed by atoms with van der Waals surface area (Å²) in [6.45, 7) is 0. The largest absolute Gasteiger partial charge is 0.479 e. The molecule has 76 valence electrons. The van der Waals surface area contributed by atoms with Crippen LogP contribution in [0.1, 0.15) is 0 Å². The number of rotatable bonds is 1. The zero-order chi connectivity index (χ0) is 10.2. The quantitative estimate of drug-likeness (QED) is 0.298. The maximum Gasteiger partial charge on any atom is 0.335 e. The predicted molar refractivity (Wildman–Crippen MR) is 36.5 cm³/mol. The van der Waals surface area contributed by atoms with Gasteiger partial charge in [0.25, 0.3) is 0 Å². The van der Waals surface area contributed by atoms with Crippen LogP contribution in [0.3, 0.4) is 0 Å². The van der Waals surface area contributed by atoms with Crippen molar-refractivity contribution in [1.82, 2.24) is 0 Å². The maximum atomic E-state index is 10.4.